The van der Waals surface area contributed by atoms with Gasteiger partial charge >= 0.3 is 0 Å². The minimum Gasteiger partial charge on any atom is -0.309 e. The second-order valence-corrected chi connectivity index (χ2v) is 6.96. The van der Waals surface area contributed by atoms with E-state index in [1.807, 2.05) is 50.5 Å². The van der Waals surface area contributed by atoms with Gasteiger partial charge in [-0.25, -0.2) is 4.98 Å². The van der Waals surface area contributed by atoms with Crippen molar-refractivity contribution in [1.82, 2.24) is 20.1 Å². The summed E-state index contributed by atoms with van der Waals surface area (Å²) in [6.07, 6.45) is 1.27. The maximum Gasteiger partial charge on any atom is 0.225 e. The van der Waals surface area contributed by atoms with Gasteiger partial charge in [-0.2, -0.15) is 5.10 Å². The Morgan fingerprint density at radius 1 is 1.28 bits per heavy atom. The molecule has 3 rings (SSSR count). The Kier molecular flexibility index (Phi) is 5.45. The first-order chi connectivity index (χ1) is 12.0. The van der Waals surface area contributed by atoms with Crippen molar-refractivity contribution in [2.24, 2.45) is 0 Å². The number of fused-ring (bicyclic) bond motifs is 1. The monoisotopic (exact) mass is 401 g/mol. The normalized spacial score (nSPS) is 11.2. The van der Waals surface area contributed by atoms with Crippen molar-refractivity contribution in [2.75, 3.05) is 26.0 Å². The molecule has 0 unspecified atom stereocenters. The number of halogens is 1. The number of aromatic nitrogens is 3. The summed E-state index contributed by atoms with van der Waals surface area (Å²) >= 11 is 3.57. The number of hydrogen-bond donors (Lipinski definition) is 2. The van der Waals surface area contributed by atoms with Crippen LogP contribution in [0.2, 0.25) is 0 Å². The molecule has 3 aromatic rings. The predicted octanol–water partition coefficient (Wildman–Crippen LogP) is 3.67. The fourth-order valence-corrected chi connectivity index (χ4v) is 3.11. The van der Waals surface area contributed by atoms with Gasteiger partial charge in [0.1, 0.15) is 0 Å². The summed E-state index contributed by atoms with van der Waals surface area (Å²) in [7, 11) is 3.99. The Balaban J connectivity index is 1.80. The molecule has 0 aliphatic carbocycles. The number of amides is 1. The van der Waals surface area contributed by atoms with Gasteiger partial charge in [0.25, 0.3) is 0 Å². The van der Waals surface area contributed by atoms with Gasteiger partial charge in [-0.15, -0.1) is 0 Å². The van der Waals surface area contributed by atoms with E-state index in [9.17, 15) is 4.79 Å². The number of aromatic amines is 1. The average molecular weight is 402 g/mol. The van der Waals surface area contributed by atoms with E-state index in [4.69, 9.17) is 0 Å². The number of rotatable bonds is 6. The predicted molar refractivity (Wildman–Crippen MR) is 103 cm³/mol. The number of pyridine rings is 1. The van der Waals surface area contributed by atoms with Crippen molar-refractivity contribution in [1.29, 1.82) is 0 Å². The zero-order chi connectivity index (χ0) is 17.8. The summed E-state index contributed by atoms with van der Waals surface area (Å²) < 4.78 is 0.857. The fourth-order valence-electron chi connectivity index (χ4n) is 2.57. The van der Waals surface area contributed by atoms with Crippen molar-refractivity contribution >= 4 is 38.7 Å². The Hall–Kier alpha value is -2.25. The number of nitrogens with one attached hydrogen (secondary N) is 2. The highest BCUT2D eigenvalue weighted by Gasteiger charge is 2.14. The quantitative estimate of drug-likeness (QED) is 0.660. The molecule has 2 aromatic heterocycles. The van der Waals surface area contributed by atoms with Crippen LogP contribution in [0, 0.1) is 0 Å². The van der Waals surface area contributed by atoms with Crippen LogP contribution in [0.4, 0.5) is 5.82 Å². The molecule has 25 heavy (non-hydrogen) atoms. The van der Waals surface area contributed by atoms with Crippen LogP contribution in [0.5, 0.6) is 0 Å². The molecule has 7 heteroatoms. The van der Waals surface area contributed by atoms with Crippen molar-refractivity contribution in [3.63, 3.8) is 0 Å². The lowest BCUT2D eigenvalue weighted by Crippen LogP contribution is -2.17. The van der Waals surface area contributed by atoms with E-state index in [0.717, 1.165) is 34.1 Å². The van der Waals surface area contributed by atoms with Gasteiger partial charge in [-0.3, -0.25) is 9.89 Å². The summed E-state index contributed by atoms with van der Waals surface area (Å²) in [5.74, 6) is 0.469. The maximum atomic E-state index is 12.1. The summed E-state index contributed by atoms with van der Waals surface area (Å²) in [5, 5.41) is 10.8. The van der Waals surface area contributed by atoms with E-state index in [0.29, 0.717) is 17.9 Å². The standard InChI is InChI=1S/C18H20BrN5O/c1-24(2)10-6-9-15(25)20-17-13-11-14(19)16(21-18(13)23-22-17)12-7-4-3-5-8-12/h3-5,7-8,11H,6,9-10H2,1-2H3,(H2,20,21,22,23,25). The van der Waals surface area contributed by atoms with Crippen LogP contribution < -0.4 is 5.32 Å². The Morgan fingerprint density at radius 2 is 2.04 bits per heavy atom. The van der Waals surface area contributed by atoms with Gasteiger partial charge in [0, 0.05) is 16.5 Å². The highest BCUT2D eigenvalue weighted by molar-refractivity contribution is 9.10. The first-order valence-corrected chi connectivity index (χ1v) is 8.88. The molecule has 0 radical (unpaired) electrons. The van der Waals surface area contributed by atoms with Crippen LogP contribution in [0.25, 0.3) is 22.3 Å². The summed E-state index contributed by atoms with van der Waals surface area (Å²) in [6.45, 7) is 0.877. The molecule has 6 nitrogen and oxygen atoms in total. The van der Waals surface area contributed by atoms with Crippen LogP contribution in [-0.4, -0.2) is 46.6 Å². The zero-order valence-electron chi connectivity index (χ0n) is 14.2. The van der Waals surface area contributed by atoms with Crippen molar-refractivity contribution in [3.8, 4) is 11.3 Å². The van der Waals surface area contributed by atoms with Crippen LogP contribution in [0.3, 0.4) is 0 Å². The summed E-state index contributed by atoms with van der Waals surface area (Å²) in [4.78, 5) is 18.8. The van der Waals surface area contributed by atoms with Crippen LogP contribution in [0.15, 0.2) is 40.9 Å². The molecule has 130 valence electrons. The second-order valence-electron chi connectivity index (χ2n) is 6.11. The number of benzene rings is 1. The molecule has 2 heterocycles. The molecule has 0 fully saturated rings. The molecule has 0 aliphatic heterocycles. The van der Waals surface area contributed by atoms with E-state index in [1.165, 1.54) is 0 Å². The minimum atomic E-state index is -0.0430. The van der Waals surface area contributed by atoms with Crippen LogP contribution >= 0.6 is 15.9 Å². The molecule has 0 saturated heterocycles. The van der Waals surface area contributed by atoms with Crippen molar-refractivity contribution in [2.45, 2.75) is 12.8 Å². The molecule has 2 N–H and O–H groups in total. The molecule has 0 bridgehead atoms. The second kappa shape index (κ2) is 7.76. The van der Waals surface area contributed by atoms with Gasteiger partial charge in [-0.1, -0.05) is 30.3 Å². The lowest BCUT2D eigenvalue weighted by Gasteiger charge is -2.08. The van der Waals surface area contributed by atoms with Gasteiger partial charge in [0.15, 0.2) is 11.5 Å². The number of carbonyl (C=O) groups excluding carboxylic acids is 1. The van der Waals surface area contributed by atoms with Crippen LogP contribution in [-0.2, 0) is 4.79 Å². The third-order valence-electron chi connectivity index (χ3n) is 3.82. The number of anilines is 1. The first-order valence-electron chi connectivity index (χ1n) is 8.09. The number of H-pyrrole nitrogens is 1. The van der Waals surface area contributed by atoms with E-state index in [-0.39, 0.29) is 5.91 Å². The SMILES string of the molecule is CN(C)CCCC(=O)Nc1n[nH]c2nc(-c3ccccc3)c(Br)cc12. The zero-order valence-corrected chi connectivity index (χ0v) is 15.8. The van der Waals surface area contributed by atoms with E-state index in [2.05, 4.69) is 41.3 Å². The van der Waals surface area contributed by atoms with Crippen molar-refractivity contribution in [3.05, 3.63) is 40.9 Å². The van der Waals surface area contributed by atoms with Crippen LogP contribution in [0.1, 0.15) is 12.8 Å². The molecule has 0 saturated carbocycles. The van der Waals surface area contributed by atoms with Gasteiger partial charge in [0.2, 0.25) is 5.91 Å². The average Bonchev–Trinajstić information content (AvgIpc) is 2.96. The number of hydrogen-bond acceptors (Lipinski definition) is 4. The molecule has 1 amide bonds. The minimum absolute atomic E-state index is 0.0430. The van der Waals surface area contributed by atoms with Gasteiger partial charge in [-0.05, 0) is 49.1 Å². The van der Waals surface area contributed by atoms with Crippen molar-refractivity contribution < 1.29 is 4.79 Å². The van der Waals surface area contributed by atoms with E-state index >= 15 is 0 Å². The van der Waals surface area contributed by atoms with E-state index in [1.54, 1.807) is 0 Å². The Bertz CT molecular complexity index is 876. The largest absolute Gasteiger partial charge is 0.309 e. The topological polar surface area (TPSA) is 73.9 Å². The molecular weight excluding hydrogens is 382 g/mol. The summed E-state index contributed by atoms with van der Waals surface area (Å²) in [6, 6.07) is 11.9. The molecular formula is C18H20BrN5O. The lowest BCUT2D eigenvalue weighted by atomic mass is 10.1. The smallest absolute Gasteiger partial charge is 0.225 e. The molecule has 0 spiro atoms. The number of nitrogens with zero attached hydrogens (tertiary/aromatic N) is 3. The molecule has 1 aromatic carbocycles. The third kappa shape index (κ3) is 4.24. The maximum absolute atomic E-state index is 12.1. The van der Waals surface area contributed by atoms with Gasteiger partial charge in [0.05, 0.1) is 11.1 Å². The Morgan fingerprint density at radius 3 is 2.76 bits per heavy atom. The molecule has 0 aliphatic rings. The lowest BCUT2D eigenvalue weighted by molar-refractivity contribution is -0.116. The summed E-state index contributed by atoms with van der Waals surface area (Å²) in [5.41, 5.74) is 2.49. The third-order valence-corrected chi connectivity index (χ3v) is 4.42. The Labute approximate surface area is 154 Å². The van der Waals surface area contributed by atoms with E-state index < -0.39 is 0 Å². The van der Waals surface area contributed by atoms with Gasteiger partial charge < -0.3 is 10.2 Å². The first kappa shape index (κ1) is 17.6. The number of carbonyl (C=O) groups is 1. The highest BCUT2D eigenvalue weighted by Crippen LogP contribution is 2.31. The highest BCUT2D eigenvalue weighted by atomic mass is 79.9. The molecule has 0 atom stereocenters. The fraction of sp³-hybridized carbons (Fsp3) is 0.278.